The summed E-state index contributed by atoms with van der Waals surface area (Å²) in [7, 11) is 0. The largest absolute Gasteiger partial charge is 0.372 e. The van der Waals surface area contributed by atoms with E-state index in [9.17, 15) is 4.79 Å². The van der Waals surface area contributed by atoms with Crippen molar-refractivity contribution < 1.29 is 4.79 Å². The zero-order valence-corrected chi connectivity index (χ0v) is 16.2. The van der Waals surface area contributed by atoms with E-state index in [0.29, 0.717) is 18.1 Å². The van der Waals surface area contributed by atoms with Gasteiger partial charge in [-0.25, -0.2) is 9.97 Å². The van der Waals surface area contributed by atoms with Crippen LogP contribution >= 0.6 is 0 Å². The fourth-order valence-corrected chi connectivity index (χ4v) is 3.33. The van der Waals surface area contributed by atoms with Crippen LogP contribution in [0.2, 0.25) is 0 Å². The normalized spacial score (nSPS) is 13.7. The Balaban J connectivity index is 1.32. The molecule has 2 aromatic heterocycles. The number of carbonyl (C=O) groups is 1. The van der Waals surface area contributed by atoms with Crippen LogP contribution in [0.1, 0.15) is 35.2 Å². The summed E-state index contributed by atoms with van der Waals surface area (Å²) in [5.41, 5.74) is 3.46. The van der Waals surface area contributed by atoms with Gasteiger partial charge in [-0.1, -0.05) is 0 Å². The molecule has 1 amide bonds. The number of pyridine rings is 1. The van der Waals surface area contributed by atoms with Crippen LogP contribution < -0.4 is 15.5 Å². The number of carbonyl (C=O) groups excluding carboxylic acids is 1. The summed E-state index contributed by atoms with van der Waals surface area (Å²) in [6.45, 7) is 2.80. The van der Waals surface area contributed by atoms with E-state index >= 15 is 0 Å². The predicted octanol–water partition coefficient (Wildman–Crippen LogP) is 3.73. The van der Waals surface area contributed by atoms with E-state index in [4.69, 9.17) is 0 Å². The quantitative estimate of drug-likeness (QED) is 0.670. The van der Waals surface area contributed by atoms with Crippen molar-refractivity contribution >= 4 is 23.2 Å². The third-order valence-electron chi connectivity index (χ3n) is 4.96. The highest BCUT2D eigenvalue weighted by molar-refractivity contribution is 6.03. The predicted molar refractivity (Wildman–Crippen MR) is 114 cm³/mol. The molecule has 0 radical (unpaired) electrons. The third-order valence-corrected chi connectivity index (χ3v) is 4.96. The molecule has 2 N–H and O–H groups in total. The van der Waals surface area contributed by atoms with Gasteiger partial charge in [0.05, 0.1) is 5.56 Å². The zero-order valence-electron chi connectivity index (χ0n) is 16.2. The molecular weight excluding hydrogens is 364 g/mol. The fraction of sp³-hybridized carbons (Fsp3) is 0.273. The Labute approximate surface area is 170 Å². The van der Waals surface area contributed by atoms with E-state index in [-0.39, 0.29) is 5.91 Å². The lowest BCUT2D eigenvalue weighted by atomic mass is 10.1. The number of aromatic nitrogens is 3. The van der Waals surface area contributed by atoms with Crippen molar-refractivity contribution in [3.8, 4) is 0 Å². The second kappa shape index (κ2) is 9.14. The molecule has 7 heteroatoms. The van der Waals surface area contributed by atoms with Gasteiger partial charge < -0.3 is 15.5 Å². The maximum atomic E-state index is 12.5. The van der Waals surface area contributed by atoms with Crippen molar-refractivity contribution in [2.24, 2.45) is 0 Å². The van der Waals surface area contributed by atoms with E-state index in [2.05, 4.69) is 42.6 Å². The van der Waals surface area contributed by atoms with Crippen molar-refractivity contribution in [3.63, 3.8) is 0 Å². The van der Waals surface area contributed by atoms with Crippen molar-refractivity contribution in [2.75, 3.05) is 28.6 Å². The van der Waals surface area contributed by atoms with Crippen molar-refractivity contribution in [1.82, 2.24) is 15.0 Å². The average molecular weight is 388 g/mol. The first-order valence-electron chi connectivity index (χ1n) is 9.89. The van der Waals surface area contributed by atoms with Crippen molar-refractivity contribution in [3.05, 3.63) is 72.3 Å². The van der Waals surface area contributed by atoms with Crippen molar-refractivity contribution in [1.29, 1.82) is 0 Å². The second-order valence-electron chi connectivity index (χ2n) is 7.05. The molecule has 3 aromatic rings. The molecule has 0 bridgehead atoms. The van der Waals surface area contributed by atoms with Gasteiger partial charge in [0.1, 0.15) is 0 Å². The molecule has 1 aromatic carbocycles. The number of hydrogen-bond donors (Lipinski definition) is 2. The molecule has 1 aliphatic heterocycles. The number of amides is 1. The Kier molecular flexibility index (Phi) is 5.95. The molecule has 0 spiro atoms. The summed E-state index contributed by atoms with van der Waals surface area (Å²) in [6.07, 6.45) is 10.3. The standard InChI is InChI=1S/C22H24N6O/c29-21(27-19-4-6-20(7-5-19)28-12-2-1-3-13-28)18-15-25-22(26-16-18)24-14-17-8-10-23-11-9-17/h4-11,15-16H,1-3,12-14H2,(H,27,29)(H,24,25,26). The van der Waals surface area contributed by atoms with Gasteiger partial charge in [0, 0.05) is 55.8 Å². The molecule has 0 aliphatic carbocycles. The van der Waals surface area contributed by atoms with E-state index in [1.165, 1.54) is 37.3 Å². The van der Waals surface area contributed by atoms with Gasteiger partial charge in [-0.05, 0) is 61.2 Å². The van der Waals surface area contributed by atoms with Gasteiger partial charge >= 0.3 is 0 Å². The third kappa shape index (κ3) is 5.07. The highest BCUT2D eigenvalue weighted by atomic mass is 16.1. The summed E-state index contributed by atoms with van der Waals surface area (Å²) in [5.74, 6) is 0.251. The maximum Gasteiger partial charge on any atom is 0.258 e. The highest BCUT2D eigenvalue weighted by Gasteiger charge is 2.12. The van der Waals surface area contributed by atoms with Gasteiger partial charge in [-0.2, -0.15) is 0 Å². The lowest BCUT2D eigenvalue weighted by molar-refractivity contribution is 0.102. The Morgan fingerprint density at radius 1 is 0.931 bits per heavy atom. The van der Waals surface area contributed by atoms with Gasteiger partial charge in [0.2, 0.25) is 5.95 Å². The summed E-state index contributed by atoms with van der Waals surface area (Å²) < 4.78 is 0. The van der Waals surface area contributed by atoms with E-state index < -0.39 is 0 Å². The lowest BCUT2D eigenvalue weighted by Crippen LogP contribution is -2.29. The van der Waals surface area contributed by atoms with Crippen molar-refractivity contribution in [2.45, 2.75) is 25.8 Å². The van der Waals surface area contributed by atoms with Crippen LogP contribution in [-0.4, -0.2) is 33.9 Å². The number of nitrogens with one attached hydrogen (secondary N) is 2. The summed E-state index contributed by atoms with van der Waals surface area (Å²) in [4.78, 5) is 27.3. The minimum absolute atomic E-state index is 0.226. The molecule has 1 saturated heterocycles. The Hall–Kier alpha value is -3.48. The number of benzene rings is 1. The van der Waals surface area contributed by atoms with Gasteiger partial charge in [0.15, 0.2) is 0 Å². The smallest absolute Gasteiger partial charge is 0.258 e. The lowest BCUT2D eigenvalue weighted by Gasteiger charge is -2.28. The van der Waals surface area contributed by atoms with Crippen LogP contribution in [0.4, 0.5) is 17.3 Å². The molecule has 4 rings (SSSR count). The monoisotopic (exact) mass is 388 g/mol. The van der Waals surface area contributed by atoms with Gasteiger partial charge in [0.25, 0.3) is 5.91 Å². The number of hydrogen-bond acceptors (Lipinski definition) is 6. The number of nitrogens with zero attached hydrogens (tertiary/aromatic N) is 4. The Bertz CT molecular complexity index is 922. The van der Waals surface area contributed by atoms with Gasteiger partial charge in [-0.3, -0.25) is 9.78 Å². The molecular formula is C22H24N6O. The highest BCUT2D eigenvalue weighted by Crippen LogP contribution is 2.22. The van der Waals surface area contributed by atoms with Crippen LogP contribution in [0, 0.1) is 0 Å². The summed E-state index contributed by atoms with van der Waals surface area (Å²) in [6, 6.07) is 11.8. The molecule has 29 heavy (non-hydrogen) atoms. The zero-order chi connectivity index (χ0) is 19.9. The van der Waals surface area contributed by atoms with Crippen LogP contribution in [-0.2, 0) is 6.54 Å². The molecule has 0 atom stereocenters. The van der Waals surface area contributed by atoms with Gasteiger partial charge in [-0.15, -0.1) is 0 Å². The van der Waals surface area contributed by atoms with Crippen LogP contribution in [0.5, 0.6) is 0 Å². The number of piperidine rings is 1. The first-order chi connectivity index (χ1) is 14.3. The van der Waals surface area contributed by atoms with E-state index in [0.717, 1.165) is 24.3 Å². The summed E-state index contributed by atoms with van der Waals surface area (Å²) in [5, 5.41) is 6.03. The Morgan fingerprint density at radius 2 is 1.62 bits per heavy atom. The molecule has 7 nitrogen and oxygen atoms in total. The maximum absolute atomic E-state index is 12.5. The molecule has 3 heterocycles. The molecule has 0 saturated carbocycles. The minimum Gasteiger partial charge on any atom is -0.372 e. The molecule has 1 fully saturated rings. The van der Waals surface area contributed by atoms with Crippen LogP contribution in [0.15, 0.2) is 61.2 Å². The second-order valence-corrected chi connectivity index (χ2v) is 7.05. The van der Waals surface area contributed by atoms with E-state index in [1.54, 1.807) is 12.4 Å². The van der Waals surface area contributed by atoms with E-state index in [1.807, 2.05) is 24.3 Å². The Morgan fingerprint density at radius 3 is 2.31 bits per heavy atom. The first kappa shape index (κ1) is 18.9. The van der Waals surface area contributed by atoms with Crippen LogP contribution in [0.25, 0.3) is 0 Å². The minimum atomic E-state index is -0.226. The molecule has 0 unspecified atom stereocenters. The van der Waals surface area contributed by atoms with Crippen LogP contribution in [0.3, 0.4) is 0 Å². The fourth-order valence-electron chi connectivity index (χ4n) is 3.33. The average Bonchev–Trinajstić information content (AvgIpc) is 2.80. The molecule has 1 aliphatic rings. The number of anilines is 3. The number of rotatable bonds is 6. The summed E-state index contributed by atoms with van der Waals surface area (Å²) >= 11 is 0. The molecule has 148 valence electrons. The first-order valence-corrected chi connectivity index (χ1v) is 9.89. The SMILES string of the molecule is O=C(Nc1ccc(N2CCCCC2)cc1)c1cnc(NCc2ccncc2)nc1. The topological polar surface area (TPSA) is 83.0 Å².